The van der Waals surface area contributed by atoms with Crippen molar-refractivity contribution in [2.45, 2.75) is 69.4 Å². The van der Waals surface area contributed by atoms with Gasteiger partial charge in [-0.15, -0.1) is 0 Å². The molecule has 3 N–H and O–H groups in total. The van der Waals surface area contributed by atoms with Gasteiger partial charge in [-0.1, -0.05) is 6.92 Å². The van der Waals surface area contributed by atoms with Crippen molar-refractivity contribution in [3.8, 4) is 0 Å². The average Bonchev–Trinajstić information content (AvgIpc) is 2.60. The van der Waals surface area contributed by atoms with Gasteiger partial charge in [0, 0.05) is 13.5 Å². The molecule has 1 fully saturated rings. The third-order valence-corrected chi connectivity index (χ3v) is 5.53. The number of aliphatic hydroxyl groups excluding tert-OH is 2. The van der Waals surface area contributed by atoms with Crippen molar-refractivity contribution >= 4 is 15.4 Å². The largest absolute Gasteiger partial charge is 0.388 e. The minimum absolute atomic E-state index is 0.120. The summed E-state index contributed by atoms with van der Waals surface area (Å²) in [5, 5.41) is 19.7. The maximum Gasteiger partial charge on any atom is 0.356 e. The summed E-state index contributed by atoms with van der Waals surface area (Å²) in [6.45, 7) is 4.84. The Kier molecular flexibility index (Phi) is 6.45. The highest BCUT2D eigenvalue weighted by atomic mass is 31.2. The van der Waals surface area contributed by atoms with Crippen LogP contribution in [0.5, 0.6) is 0 Å². The van der Waals surface area contributed by atoms with E-state index in [1.165, 1.54) is 7.11 Å². The number of rotatable bonds is 7. The zero-order valence-electron chi connectivity index (χ0n) is 13.2. The van der Waals surface area contributed by atoms with Crippen molar-refractivity contribution < 1.29 is 33.7 Å². The molecule has 0 amide bonds. The van der Waals surface area contributed by atoms with Crippen LogP contribution in [0.4, 0.5) is 0 Å². The molecule has 21 heavy (non-hydrogen) atoms. The van der Waals surface area contributed by atoms with Gasteiger partial charge in [-0.3, -0.25) is 4.57 Å². The number of methoxy groups -OCH3 is 1. The Morgan fingerprint density at radius 3 is 2.48 bits per heavy atom. The lowest BCUT2D eigenvalue weighted by atomic mass is 9.91. The Labute approximate surface area is 126 Å². The van der Waals surface area contributed by atoms with Crippen molar-refractivity contribution in [3.63, 3.8) is 0 Å². The van der Waals surface area contributed by atoms with Crippen LogP contribution in [-0.2, 0) is 18.6 Å². The molecule has 6 atom stereocenters. The molecule has 1 heterocycles. The van der Waals surface area contributed by atoms with E-state index in [0.29, 0.717) is 0 Å². The lowest BCUT2D eigenvalue weighted by Gasteiger charge is -2.32. The molecule has 0 radical (unpaired) electrons. The summed E-state index contributed by atoms with van der Waals surface area (Å²) >= 11 is 0. The fourth-order valence-electron chi connectivity index (χ4n) is 2.59. The number of aliphatic hydroxyl groups is 2. The summed E-state index contributed by atoms with van der Waals surface area (Å²) in [5.74, 6) is -1.42. The first-order valence-corrected chi connectivity index (χ1v) is 8.76. The fourth-order valence-corrected chi connectivity index (χ4v) is 3.96. The van der Waals surface area contributed by atoms with E-state index in [1.54, 1.807) is 28.6 Å². The van der Waals surface area contributed by atoms with E-state index in [9.17, 15) is 19.7 Å². The lowest BCUT2D eigenvalue weighted by Crippen LogP contribution is -2.38. The number of ether oxygens (including phenoxy) is 2. The Morgan fingerprint density at radius 1 is 1.48 bits per heavy atom. The van der Waals surface area contributed by atoms with E-state index in [1.807, 2.05) is 0 Å². The van der Waals surface area contributed by atoms with Gasteiger partial charge >= 0.3 is 7.60 Å². The van der Waals surface area contributed by atoms with E-state index in [2.05, 4.69) is 0 Å². The molecule has 0 bridgehead atoms. The molecule has 7 nitrogen and oxygen atoms in total. The standard InChI is InChI=1S/C12H26BO7P/c1-5-8(14)21(16,17)20-12(2,3)6-7-9(15)10(18-4)11(13)19-7/h7-11,14-15H,5-6,13H2,1-4H3,(H,16,17)/t7-,8?,9-,10-,11-/m1/s1. The van der Waals surface area contributed by atoms with Crippen molar-refractivity contribution in [1.82, 2.24) is 0 Å². The van der Waals surface area contributed by atoms with Gasteiger partial charge < -0.3 is 29.1 Å². The van der Waals surface area contributed by atoms with Crippen LogP contribution in [0.25, 0.3) is 0 Å². The third-order valence-electron chi connectivity index (χ3n) is 3.65. The van der Waals surface area contributed by atoms with Crippen LogP contribution in [0.15, 0.2) is 0 Å². The summed E-state index contributed by atoms with van der Waals surface area (Å²) in [6.07, 6.45) is -1.50. The second-order valence-electron chi connectivity index (χ2n) is 6.08. The van der Waals surface area contributed by atoms with Crippen molar-refractivity contribution in [3.05, 3.63) is 0 Å². The fraction of sp³-hybridized carbons (Fsp3) is 1.00. The second kappa shape index (κ2) is 7.09. The van der Waals surface area contributed by atoms with Crippen molar-refractivity contribution in [2.24, 2.45) is 0 Å². The van der Waals surface area contributed by atoms with Gasteiger partial charge in [-0.05, 0) is 20.3 Å². The minimum Gasteiger partial charge on any atom is -0.388 e. The zero-order chi connectivity index (χ0) is 16.4. The topological polar surface area (TPSA) is 105 Å². The molecule has 1 rings (SSSR count). The maximum atomic E-state index is 12.0. The van der Waals surface area contributed by atoms with Crippen LogP contribution in [0, 0.1) is 0 Å². The van der Waals surface area contributed by atoms with Gasteiger partial charge in [0.25, 0.3) is 0 Å². The number of hydrogen-bond acceptors (Lipinski definition) is 6. The molecule has 1 aliphatic heterocycles. The van der Waals surface area contributed by atoms with Gasteiger partial charge in [0.1, 0.15) is 20.1 Å². The molecule has 0 aromatic heterocycles. The molecule has 0 aromatic rings. The van der Waals surface area contributed by atoms with E-state index in [-0.39, 0.29) is 18.8 Å². The molecule has 124 valence electrons. The molecule has 0 aromatic carbocycles. The molecule has 1 saturated heterocycles. The van der Waals surface area contributed by atoms with E-state index in [4.69, 9.17) is 14.0 Å². The highest BCUT2D eigenvalue weighted by Crippen LogP contribution is 2.52. The molecular formula is C12H26BO7P. The van der Waals surface area contributed by atoms with Gasteiger partial charge in [0.2, 0.25) is 0 Å². The quantitative estimate of drug-likeness (QED) is 0.441. The summed E-state index contributed by atoms with van der Waals surface area (Å²) in [5.41, 5.74) is -1.03. The first kappa shape index (κ1) is 19.1. The minimum atomic E-state index is -4.13. The Morgan fingerprint density at radius 2 is 2.05 bits per heavy atom. The Hall–Kier alpha value is 0.0549. The molecule has 2 unspecified atom stereocenters. The second-order valence-corrected chi connectivity index (χ2v) is 7.99. The average molecular weight is 324 g/mol. The molecule has 0 aliphatic carbocycles. The van der Waals surface area contributed by atoms with Crippen LogP contribution in [0.1, 0.15) is 33.6 Å². The van der Waals surface area contributed by atoms with Crippen LogP contribution < -0.4 is 0 Å². The third kappa shape index (κ3) is 4.76. The van der Waals surface area contributed by atoms with Gasteiger partial charge in [-0.2, -0.15) is 0 Å². The predicted octanol–water partition coefficient (Wildman–Crippen LogP) is -0.181. The Bertz CT molecular complexity index is 392. The molecule has 9 heteroatoms. The smallest absolute Gasteiger partial charge is 0.356 e. The zero-order valence-corrected chi connectivity index (χ0v) is 14.1. The monoisotopic (exact) mass is 324 g/mol. The maximum absolute atomic E-state index is 12.0. The molecular weight excluding hydrogens is 298 g/mol. The van der Waals surface area contributed by atoms with Crippen LogP contribution >= 0.6 is 7.60 Å². The summed E-state index contributed by atoms with van der Waals surface area (Å²) in [4.78, 5) is 9.76. The summed E-state index contributed by atoms with van der Waals surface area (Å²) in [7, 11) is -0.840. The summed E-state index contributed by atoms with van der Waals surface area (Å²) < 4.78 is 28.0. The van der Waals surface area contributed by atoms with Gasteiger partial charge in [0.15, 0.2) is 5.85 Å². The van der Waals surface area contributed by atoms with Crippen LogP contribution in [0.2, 0.25) is 0 Å². The van der Waals surface area contributed by atoms with Gasteiger partial charge in [-0.25, -0.2) is 0 Å². The van der Waals surface area contributed by atoms with Crippen LogP contribution in [-0.4, -0.2) is 65.8 Å². The van der Waals surface area contributed by atoms with E-state index >= 15 is 0 Å². The van der Waals surface area contributed by atoms with Crippen LogP contribution in [0.3, 0.4) is 0 Å². The van der Waals surface area contributed by atoms with Crippen molar-refractivity contribution in [2.75, 3.05) is 7.11 Å². The van der Waals surface area contributed by atoms with Gasteiger partial charge in [0.05, 0.1) is 17.7 Å². The lowest BCUT2D eigenvalue weighted by molar-refractivity contribution is -0.0337. The number of hydrogen-bond donors (Lipinski definition) is 3. The first-order chi connectivity index (χ1) is 9.54. The highest BCUT2D eigenvalue weighted by Gasteiger charge is 2.45. The molecule has 0 saturated carbocycles. The normalized spacial score (nSPS) is 34.6. The Balaban J connectivity index is 2.71. The molecule has 1 aliphatic rings. The van der Waals surface area contributed by atoms with E-state index < -0.39 is 37.4 Å². The van der Waals surface area contributed by atoms with E-state index in [0.717, 1.165) is 0 Å². The highest BCUT2D eigenvalue weighted by molar-refractivity contribution is 7.53. The van der Waals surface area contributed by atoms with Crippen molar-refractivity contribution in [1.29, 1.82) is 0 Å². The SMILES string of the molecule is B[C@@H]1O[C@H](CC(C)(C)OP(=O)(O)C(O)CC)[C@@H](O)[C@H]1OC. The summed E-state index contributed by atoms with van der Waals surface area (Å²) in [6, 6.07) is -0.270. The first-order valence-electron chi connectivity index (χ1n) is 7.11. The predicted molar refractivity (Wildman–Crippen MR) is 79.9 cm³/mol. The molecule has 0 spiro atoms.